The zero-order valence-corrected chi connectivity index (χ0v) is 12.1. The van der Waals surface area contributed by atoms with Crippen molar-refractivity contribution in [3.63, 3.8) is 0 Å². The van der Waals surface area contributed by atoms with Crippen LogP contribution in [-0.4, -0.2) is 9.78 Å². The number of halogens is 1. The first kappa shape index (κ1) is 12.2. The summed E-state index contributed by atoms with van der Waals surface area (Å²) < 4.78 is 3.14. The lowest BCUT2D eigenvalue weighted by Gasteiger charge is -2.34. The predicted molar refractivity (Wildman–Crippen MR) is 75.2 cm³/mol. The molecule has 0 spiro atoms. The molecule has 1 fully saturated rings. The molecule has 1 saturated carbocycles. The van der Waals surface area contributed by atoms with Crippen molar-refractivity contribution in [3.05, 3.63) is 9.77 Å². The van der Waals surface area contributed by atoms with Gasteiger partial charge in [0.25, 0.3) is 0 Å². The Morgan fingerprint density at radius 2 is 2.12 bits per heavy atom. The molecule has 2 rings (SSSR count). The SMILES string of the molecule is CC(C)C1CCCCC1n1ncc(I)c1N. The maximum Gasteiger partial charge on any atom is 0.135 e. The van der Waals surface area contributed by atoms with E-state index >= 15 is 0 Å². The first-order valence-electron chi connectivity index (χ1n) is 6.09. The van der Waals surface area contributed by atoms with E-state index in [0.29, 0.717) is 12.0 Å². The molecule has 0 amide bonds. The van der Waals surface area contributed by atoms with Crippen molar-refractivity contribution < 1.29 is 0 Å². The molecule has 0 bridgehead atoms. The maximum absolute atomic E-state index is 6.09. The minimum absolute atomic E-state index is 0.511. The summed E-state index contributed by atoms with van der Waals surface area (Å²) in [4.78, 5) is 0. The van der Waals surface area contributed by atoms with E-state index in [1.54, 1.807) is 0 Å². The average molecular weight is 333 g/mol. The topological polar surface area (TPSA) is 43.8 Å². The molecule has 0 aliphatic heterocycles. The minimum atomic E-state index is 0.511. The fourth-order valence-corrected chi connectivity index (χ4v) is 3.21. The standard InChI is InChI=1S/C12H20IN3/c1-8(2)9-5-3-4-6-11(9)16-12(14)10(13)7-15-16/h7-9,11H,3-6,14H2,1-2H3. The number of rotatable bonds is 2. The van der Waals surface area contributed by atoms with Crippen molar-refractivity contribution in [2.75, 3.05) is 5.73 Å². The molecule has 1 aromatic rings. The molecule has 16 heavy (non-hydrogen) atoms. The van der Waals surface area contributed by atoms with E-state index in [9.17, 15) is 0 Å². The number of hydrogen-bond acceptors (Lipinski definition) is 2. The molecule has 3 nitrogen and oxygen atoms in total. The molecule has 1 aromatic heterocycles. The summed E-state index contributed by atoms with van der Waals surface area (Å²) in [6, 6.07) is 0.511. The fraction of sp³-hybridized carbons (Fsp3) is 0.750. The molecule has 90 valence electrons. The third kappa shape index (κ3) is 2.21. The van der Waals surface area contributed by atoms with Gasteiger partial charge in [-0.05, 0) is 47.3 Å². The van der Waals surface area contributed by atoms with Gasteiger partial charge in [-0.25, -0.2) is 4.68 Å². The lowest BCUT2D eigenvalue weighted by Crippen LogP contribution is -2.28. The van der Waals surface area contributed by atoms with Gasteiger partial charge < -0.3 is 5.73 Å². The van der Waals surface area contributed by atoms with E-state index in [4.69, 9.17) is 5.73 Å². The van der Waals surface area contributed by atoms with Crippen LogP contribution in [0.5, 0.6) is 0 Å². The van der Waals surface area contributed by atoms with Gasteiger partial charge in [0.05, 0.1) is 15.8 Å². The Bertz CT molecular complexity index is 359. The van der Waals surface area contributed by atoms with Crippen LogP contribution in [0.2, 0.25) is 0 Å². The summed E-state index contributed by atoms with van der Waals surface area (Å²) in [5.41, 5.74) is 6.09. The van der Waals surface area contributed by atoms with Gasteiger partial charge in [-0.1, -0.05) is 26.7 Å². The average Bonchev–Trinajstić information content (AvgIpc) is 2.60. The van der Waals surface area contributed by atoms with E-state index < -0.39 is 0 Å². The second kappa shape index (κ2) is 4.94. The Balaban J connectivity index is 2.26. The summed E-state index contributed by atoms with van der Waals surface area (Å²) in [7, 11) is 0. The molecule has 2 N–H and O–H groups in total. The van der Waals surface area contributed by atoms with Crippen LogP contribution in [0.25, 0.3) is 0 Å². The largest absolute Gasteiger partial charge is 0.383 e. The Hall–Kier alpha value is -0.260. The van der Waals surface area contributed by atoms with Gasteiger partial charge in [-0.15, -0.1) is 0 Å². The van der Waals surface area contributed by atoms with Gasteiger partial charge in [-0.3, -0.25) is 0 Å². The van der Waals surface area contributed by atoms with Crippen molar-refractivity contribution >= 4 is 28.4 Å². The molecule has 1 aliphatic carbocycles. The predicted octanol–water partition coefficient (Wildman–Crippen LogP) is 3.46. The molecule has 0 radical (unpaired) electrons. The molecular weight excluding hydrogens is 313 g/mol. The van der Waals surface area contributed by atoms with E-state index in [0.717, 1.165) is 15.3 Å². The van der Waals surface area contributed by atoms with Crippen LogP contribution in [0.3, 0.4) is 0 Å². The Morgan fingerprint density at radius 1 is 1.44 bits per heavy atom. The first-order valence-corrected chi connectivity index (χ1v) is 7.17. The van der Waals surface area contributed by atoms with Crippen LogP contribution in [-0.2, 0) is 0 Å². The van der Waals surface area contributed by atoms with Crippen LogP contribution in [0, 0.1) is 15.4 Å². The van der Waals surface area contributed by atoms with Gasteiger partial charge in [0.1, 0.15) is 5.82 Å². The molecule has 2 unspecified atom stereocenters. The zero-order valence-electron chi connectivity index (χ0n) is 9.99. The second-order valence-corrected chi connectivity index (χ2v) is 6.24. The Labute approximate surface area is 111 Å². The molecule has 0 aromatic carbocycles. The first-order chi connectivity index (χ1) is 7.61. The third-order valence-electron chi connectivity index (χ3n) is 3.74. The molecule has 1 heterocycles. The van der Waals surface area contributed by atoms with E-state index in [1.165, 1.54) is 25.7 Å². The highest BCUT2D eigenvalue weighted by Gasteiger charge is 2.30. The van der Waals surface area contributed by atoms with Gasteiger partial charge in [0.2, 0.25) is 0 Å². The van der Waals surface area contributed by atoms with Gasteiger partial charge in [0, 0.05) is 0 Å². The highest BCUT2D eigenvalue weighted by molar-refractivity contribution is 14.1. The zero-order chi connectivity index (χ0) is 11.7. The van der Waals surface area contributed by atoms with Gasteiger partial charge in [-0.2, -0.15) is 5.10 Å². The van der Waals surface area contributed by atoms with E-state index in [2.05, 4.69) is 46.2 Å². The number of nitrogens with two attached hydrogens (primary N) is 1. The Kier molecular flexibility index (Phi) is 3.77. The van der Waals surface area contributed by atoms with Crippen LogP contribution < -0.4 is 5.73 Å². The van der Waals surface area contributed by atoms with Crippen molar-refractivity contribution in [2.45, 2.75) is 45.6 Å². The molecular formula is C12H20IN3. The normalized spacial score (nSPS) is 26.2. The smallest absolute Gasteiger partial charge is 0.135 e. The van der Waals surface area contributed by atoms with Crippen LogP contribution in [0.15, 0.2) is 6.20 Å². The number of aromatic nitrogens is 2. The highest BCUT2D eigenvalue weighted by Crippen LogP contribution is 2.39. The summed E-state index contributed by atoms with van der Waals surface area (Å²) in [5, 5.41) is 4.46. The van der Waals surface area contributed by atoms with Crippen LogP contribution >= 0.6 is 22.6 Å². The number of hydrogen-bond donors (Lipinski definition) is 1. The van der Waals surface area contributed by atoms with Crippen molar-refractivity contribution in [1.29, 1.82) is 0 Å². The third-order valence-corrected chi connectivity index (χ3v) is 4.57. The lowest BCUT2D eigenvalue weighted by atomic mass is 9.78. The quantitative estimate of drug-likeness (QED) is 0.843. The van der Waals surface area contributed by atoms with Crippen molar-refractivity contribution in [2.24, 2.45) is 11.8 Å². The summed E-state index contributed by atoms with van der Waals surface area (Å²) in [5.74, 6) is 2.29. The fourth-order valence-electron chi connectivity index (χ4n) is 2.84. The number of nitrogens with zero attached hydrogens (tertiary/aromatic N) is 2. The van der Waals surface area contributed by atoms with Gasteiger partial charge >= 0.3 is 0 Å². The molecule has 1 aliphatic rings. The lowest BCUT2D eigenvalue weighted by molar-refractivity contribution is 0.174. The van der Waals surface area contributed by atoms with E-state index in [1.807, 2.05) is 6.20 Å². The summed E-state index contributed by atoms with van der Waals surface area (Å²) in [6.07, 6.45) is 7.09. The molecule has 2 atom stereocenters. The summed E-state index contributed by atoms with van der Waals surface area (Å²) in [6.45, 7) is 4.63. The van der Waals surface area contributed by atoms with Crippen LogP contribution in [0.1, 0.15) is 45.6 Å². The second-order valence-electron chi connectivity index (χ2n) is 5.08. The molecule has 4 heteroatoms. The van der Waals surface area contributed by atoms with Crippen molar-refractivity contribution in [1.82, 2.24) is 9.78 Å². The minimum Gasteiger partial charge on any atom is -0.383 e. The number of nitrogen functional groups attached to an aromatic ring is 1. The van der Waals surface area contributed by atoms with E-state index in [-0.39, 0.29) is 0 Å². The Morgan fingerprint density at radius 3 is 2.69 bits per heavy atom. The number of anilines is 1. The monoisotopic (exact) mass is 333 g/mol. The van der Waals surface area contributed by atoms with Crippen molar-refractivity contribution in [3.8, 4) is 0 Å². The van der Waals surface area contributed by atoms with Gasteiger partial charge in [0.15, 0.2) is 0 Å². The summed E-state index contributed by atoms with van der Waals surface area (Å²) >= 11 is 2.26. The van der Waals surface area contributed by atoms with Crippen LogP contribution in [0.4, 0.5) is 5.82 Å². The molecule has 0 saturated heterocycles. The maximum atomic E-state index is 6.09. The highest BCUT2D eigenvalue weighted by atomic mass is 127.